The maximum absolute atomic E-state index is 12.5. The molecule has 106 valence electrons. The molecule has 0 heterocycles. The van der Waals surface area contributed by atoms with Crippen molar-refractivity contribution in [2.45, 2.75) is 58.5 Å². The van der Waals surface area contributed by atoms with Crippen LogP contribution in [0.3, 0.4) is 0 Å². The van der Waals surface area contributed by atoms with Crippen LogP contribution < -0.4 is 0 Å². The summed E-state index contributed by atoms with van der Waals surface area (Å²) < 4.78 is 10.8. The smallest absolute Gasteiger partial charge is 0.164 e. The maximum atomic E-state index is 12.5. The first-order chi connectivity index (χ1) is 8.70. The van der Waals surface area contributed by atoms with E-state index >= 15 is 0 Å². The molecule has 0 bridgehead atoms. The van der Waals surface area contributed by atoms with E-state index in [-0.39, 0.29) is 17.8 Å². The highest BCUT2D eigenvalue weighted by Crippen LogP contribution is 2.30. The van der Waals surface area contributed by atoms with E-state index in [1.54, 1.807) is 7.11 Å². The molecule has 0 N–H and O–H groups in total. The standard InChI is InChI=1S/C15H28O3/c1-4-18-15(13-8-6-5-7-9-13)14(16)12(2)10-11-17-3/h12-13,15H,4-11H2,1-3H3. The predicted octanol–water partition coefficient (Wildman–Crippen LogP) is 3.21. The summed E-state index contributed by atoms with van der Waals surface area (Å²) >= 11 is 0. The van der Waals surface area contributed by atoms with E-state index in [0.29, 0.717) is 19.1 Å². The molecular weight excluding hydrogens is 228 g/mol. The Morgan fingerprint density at radius 2 is 1.94 bits per heavy atom. The summed E-state index contributed by atoms with van der Waals surface area (Å²) in [6.07, 6.45) is 6.71. The molecule has 1 aliphatic rings. The fourth-order valence-corrected chi connectivity index (χ4v) is 2.78. The van der Waals surface area contributed by atoms with Crippen molar-refractivity contribution in [1.29, 1.82) is 0 Å². The Labute approximate surface area is 111 Å². The Kier molecular flexibility index (Phi) is 7.52. The van der Waals surface area contributed by atoms with Crippen LogP contribution >= 0.6 is 0 Å². The average Bonchev–Trinajstić information content (AvgIpc) is 2.42. The molecule has 0 aromatic rings. The lowest BCUT2D eigenvalue weighted by Gasteiger charge is -2.30. The predicted molar refractivity (Wildman–Crippen MR) is 72.7 cm³/mol. The van der Waals surface area contributed by atoms with Gasteiger partial charge in [0.25, 0.3) is 0 Å². The average molecular weight is 256 g/mol. The van der Waals surface area contributed by atoms with Crippen LogP contribution in [0, 0.1) is 11.8 Å². The quantitative estimate of drug-likeness (QED) is 0.669. The molecule has 1 fully saturated rings. The first-order valence-corrected chi connectivity index (χ1v) is 7.35. The summed E-state index contributed by atoms with van der Waals surface area (Å²) in [6.45, 7) is 5.25. The first-order valence-electron chi connectivity index (χ1n) is 7.35. The van der Waals surface area contributed by atoms with Crippen LogP contribution in [0.2, 0.25) is 0 Å². The number of hydrogen-bond donors (Lipinski definition) is 0. The van der Waals surface area contributed by atoms with Gasteiger partial charge < -0.3 is 9.47 Å². The number of ketones is 1. The van der Waals surface area contributed by atoms with Crippen molar-refractivity contribution in [2.24, 2.45) is 11.8 Å². The third kappa shape index (κ3) is 4.69. The van der Waals surface area contributed by atoms with Crippen molar-refractivity contribution >= 4 is 5.78 Å². The lowest BCUT2D eigenvalue weighted by molar-refractivity contribution is -0.139. The molecule has 0 amide bonds. The van der Waals surface area contributed by atoms with Crippen LogP contribution in [0.1, 0.15) is 52.4 Å². The lowest BCUT2D eigenvalue weighted by Crippen LogP contribution is -2.37. The van der Waals surface area contributed by atoms with Gasteiger partial charge in [0.2, 0.25) is 0 Å². The van der Waals surface area contributed by atoms with Gasteiger partial charge in [-0.05, 0) is 32.1 Å². The van der Waals surface area contributed by atoms with E-state index in [4.69, 9.17) is 9.47 Å². The maximum Gasteiger partial charge on any atom is 0.164 e. The van der Waals surface area contributed by atoms with Gasteiger partial charge in [-0.25, -0.2) is 0 Å². The van der Waals surface area contributed by atoms with Crippen molar-refractivity contribution in [3.63, 3.8) is 0 Å². The van der Waals surface area contributed by atoms with Crippen molar-refractivity contribution in [3.05, 3.63) is 0 Å². The van der Waals surface area contributed by atoms with Crippen LogP contribution in [0.4, 0.5) is 0 Å². The van der Waals surface area contributed by atoms with E-state index in [2.05, 4.69) is 0 Å². The first kappa shape index (κ1) is 15.6. The number of methoxy groups -OCH3 is 1. The minimum atomic E-state index is -0.179. The molecule has 1 saturated carbocycles. The van der Waals surface area contributed by atoms with Gasteiger partial charge in [-0.2, -0.15) is 0 Å². The topological polar surface area (TPSA) is 35.5 Å². The molecule has 3 nitrogen and oxygen atoms in total. The highest BCUT2D eigenvalue weighted by atomic mass is 16.5. The van der Waals surface area contributed by atoms with Gasteiger partial charge in [0.1, 0.15) is 6.10 Å². The van der Waals surface area contributed by atoms with Crippen LogP contribution in [0.25, 0.3) is 0 Å². The van der Waals surface area contributed by atoms with Crippen molar-refractivity contribution in [2.75, 3.05) is 20.3 Å². The normalized spacial score (nSPS) is 20.6. The summed E-state index contributed by atoms with van der Waals surface area (Å²) in [5.41, 5.74) is 0. The van der Waals surface area contributed by atoms with Crippen LogP contribution in [-0.4, -0.2) is 32.2 Å². The minimum absolute atomic E-state index is 0.0448. The summed E-state index contributed by atoms with van der Waals surface area (Å²) in [5.74, 6) is 0.764. The van der Waals surface area contributed by atoms with Gasteiger partial charge in [0.05, 0.1) is 0 Å². The zero-order chi connectivity index (χ0) is 13.4. The van der Waals surface area contributed by atoms with Crippen molar-refractivity contribution in [3.8, 4) is 0 Å². The largest absolute Gasteiger partial charge is 0.385 e. The van der Waals surface area contributed by atoms with Gasteiger partial charge in [-0.15, -0.1) is 0 Å². The van der Waals surface area contributed by atoms with E-state index in [0.717, 1.165) is 19.3 Å². The van der Waals surface area contributed by atoms with Gasteiger partial charge >= 0.3 is 0 Å². The van der Waals surface area contributed by atoms with Gasteiger partial charge in [0, 0.05) is 26.2 Å². The molecule has 18 heavy (non-hydrogen) atoms. The Bertz CT molecular complexity index is 234. The molecule has 0 saturated heterocycles. The molecule has 1 aliphatic carbocycles. The van der Waals surface area contributed by atoms with Gasteiger partial charge in [-0.3, -0.25) is 4.79 Å². The Hall–Kier alpha value is -0.410. The molecule has 2 unspecified atom stereocenters. The fraction of sp³-hybridized carbons (Fsp3) is 0.933. The van der Waals surface area contributed by atoms with E-state index < -0.39 is 0 Å². The summed E-state index contributed by atoms with van der Waals surface area (Å²) in [7, 11) is 1.68. The molecule has 0 radical (unpaired) electrons. The molecule has 0 aromatic heterocycles. The van der Waals surface area contributed by atoms with Crippen molar-refractivity contribution in [1.82, 2.24) is 0 Å². The van der Waals surface area contributed by atoms with Gasteiger partial charge in [0.15, 0.2) is 5.78 Å². The van der Waals surface area contributed by atoms with Gasteiger partial charge in [-0.1, -0.05) is 26.2 Å². The van der Waals surface area contributed by atoms with E-state index in [1.165, 1.54) is 19.3 Å². The second kappa shape index (κ2) is 8.65. The third-order valence-electron chi connectivity index (χ3n) is 3.95. The zero-order valence-electron chi connectivity index (χ0n) is 12.1. The van der Waals surface area contributed by atoms with Crippen molar-refractivity contribution < 1.29 is 14.3 Å². The number of hydrogen-bond acceptors (Lipinski definition) is 3. The number of carbonyl (C=O) groups excluding carboxylic acids is 1. The highest BCUT2D eigenvalue weighted by Gasteiger charge is 2.32. The number of Topliss-reactive ketones (excluding diaryl/α,β-unsaturated/α-hetero) is 1. The number of carbonyl (C=O) groups is 1. The van der Waals surface area contributed by atoms with Crippen LogP contribution in [0.15, 0.2) is 0 Å². The molecule has 3 heteroatoms. The number of ether oxygens (including phenoxy) is 2. The molecule has 2 atom stereocenters. The zero-order valence-corrected chi connectivity index (χ0v) is 12.1. The second-order valence-electron chi connectivity index (χ2n) is 5.36. The Morgan fingerprint density at radius 1 is 1.28 bits per heavy atom. The van der Waals surface area contributed by atoms with E-state index in [9.17, 15) is 4.79 Å². The Balaban J connectivity index is 2.55. The highest BCUT2D eigenvalue weighted by molar-refractivity contribution is 5.85. The molecule has 0 aromatic carbocycles. The summed E-state index contributed by atoms with van der Waals surface area (Å²) in [6, 6.07) is 0. The fourth-order valence-electron chi connectivity index (χ4n) is 2.78. The number of rotatable bonds is 8. The SMILES string of the molecule is CCOC(C(=O)C(C)CCOC)C1CCCCC1. The van der Waals surface area contributed by atoms with Crippen LogP contribution in [-0.2, 0) is 14.3 Å². The lowest BCUT2D eigenvalue weighted by atomic mass is 9.81. The molecular formula is C15H28O3. The minimum Gasteiger partial charge on any atom is -0.385 e. The molecule has 1 rings (SSSR count). The molecule has 0 aliphatic heterocycles. The summed E-state index contributed by atoms with van der Waals surface area (Å²) in [4.78, 5) is 12.5. The molecule has 0 spiro atoms. The van der Waals surface area contributed by atoms with Crippen LogP contribution in [0.5, 0.6) is 0 Å². The Morgan fingerprint density at radius 3 is 2.50 bits per heavy atom. The second-order valence-corrected chi connectivity index (χ2v) is 5.36. The third-order valence-corrected chi connectivity index (χ3v) is 3.95. The van der Waals surface area contributed by atoms with E-state index in [1.807, 2.05) is 13.8 Å². The monoisotopic (exact) mass is 256 g/mol. The summed E-state index contributed by atoms with van der Waals surface area (Å²) in [5, 5.41) is 0.